The van der Waals surface area contributed by atoms with Gasteiger partial charge in [0.05, 0.1) is 17.4 Å². The minimum absolute atomic E-state index is 0.0375. The third kappa shape index (κ3) is 2.63. The number of carbonyl (C=O) groups is 1. The fraction of sp³-hybridized carbons (Fsp3) is 0.375. The van der Waals surface area contributed by atoms with E-state index in [-0.39, 0.29) is 5.91 Å². The van der Waals surface area contributed by atoms with Crippen LogP contribution in [0.25, 0.3) is 0 Å². The highest BCUT2D eigenvalue weighted by Gasteiger charge is 2.17. The van der Waals surface area contributed by atoms with Gasteiger partial charge in [-0.3, -0.25) is 9.48 Å². The summed E-state index contributed by atoms with van der Waals surface area (Å²) < 4.78 is 1.81. The van der Waals surface area contributed by atoms with Gasteiger partial charge in [-0.15, -0.1) is 0 Å². The van der Waals surface area contributed by atoms with Crippen LogP contribution in [0.5, 0.6) is 0 Å². The van der Waals surface area contributed by atoms with Crippen LogP contribution in [0.1, 0.15) is 33.6 Å². The highest BCUT2D eigenvalue weighted by Crippen LogP contribution is 2.26. The molecule has 0 aliphatic carbocycles. The van der Waals surface area contributed by atoms with E-state index in [1.807, 2.05) is 30.8 Å². The zero-order chi connectivity index (χ0) is 14.8. The second-order valence-corrected chi connectivity index (χ2v) is 5.43. The molecule has 2 N–H and O–H groups in total. The Kier molecular flexibility index (Phi) is 3.64. The fourth-order valence-corrected chi connectivity index (χ4v) is 2.69. The van der Waals surface area contributed by atoms with E-state index in [4.69, 9.17) is 0 Å². The number of benzene rings is 1. The van der Waals surface area contributed by atoms with Crippen LogP contribution in [0.2, 0.25) is 0 Å². The second-order valence-electron chi connectivity index (χ2n) is 5.43. The van der Waals surface area contributed by atoms with Crippen LogP contribution in [0.15, 0.2) is 24.4 Å². The lowest BCUT2D eigenvalue weighted by atomic mass is 9.99. The van der Waals surface area contributed by atoms with E-state index >= 15 is 0 Å². The first-order valence-electron chi connectivity index (χ1n) is 7.28. The van der Waals surface area contributed by atoms with Crippen LogP contribution in [0.3, 0.4) is 0 Å². The first-order valence-corrected chi connectivity index (χ1v) is 7.28. The van der Waals surface area contributed by atoms with Gasteiger partial charge in [0.25, 0.3) is 5.91 Å². The van der Waals surface area contributed by atoms with E-state index in [0.717, 1.165) is 41.9 Å². The molecule has 2 aromatic rings. The summed E-state index contributed by atoms with van der Waals surface area (Å²) in [5.41, 5.74) is 5.07. The monoisotopic (exact) mass is 284 g/mol. The molecule has 110 valence electrons. The molecule has 1 aliphatic rings. The number of nitrogens with one attached hydrogen (secondary N) is 2. The summed E-state index contributed by atoms with van der Waals surface area (Å²) in [5, 5.41) is 10.5. The summed E-state index contributed by atoms with van der Waals surface area (Å²) in [7, 11) is 1.90. The first kappa shape index (κ1) is 13.7. The van der Waals surface area contributed by atoms with E-state index in [0.29, 0.717) is 6.54 Å². The summed E-state index contributed by atoms with van der Waals surface area (Å²) in [6, 6.07) is 5.92. The summed E-state index contributed by atoms with van der Waals surface area (Å²) in [6.07, 6.45) is 3.95. The number of nitrogens with zero attached hydrogens (tertiary/aromatic N) is 2. The molecule has 1 aliphatic heterocycles. The Balaban J connectivity index is 1.75. The van der Waals surface area contributed by atoms with Crippen LogP contribution in [0, 0.1) is 6.92 Å². The van der Waals surface area contributed by atoms with Crippen molar-refractivity contribution in [3.63, 3.8) is 0 Å². The van der Waals surface area contributed by atoms with Crippen molar-refractivity contribution in [2.75, 3.05) is 11.9 Å². The minimum Gasteiger partial charge on any atom is -0.384 e. The molecule has 5 heteroatoms. The van der Waals surface area contributed by atoms with E-state index in [2.05, 4.69) is 21.8 Å². The van der Waals surface area contributed by atoms with Gasteiger partial charge in [0.1, 0.15) is 0 Å². The molecule has 2 heterocycles. The van der Waals surface area contributed by atoms with Crippen molar-refractivity contribution in [2.24, 2.45) is 7.05 Å². The number of rotatable bonds is 3. The van der Waals surface area contributed by atoms with Crippen molar-refractivity contribution in [2.45, 2.75) is 26.3 Å². The van der Waals surface area contributed by atoms with Crippen LogP contribution in [-0.4, -0.2) is 22.2 Å². The van der Waals surface area contributed by atoms with Gasteiger partial charge < -0.3 is 10.6 Å². The first-order chi connectivity index (χ1) is 10.2. The Hall–Kier alpha value is -2.30. The van der Waals surface area contributed by atoms with Crippen LogP contribution < -0.4 is 10.6 Å². The Labute approximate surface area is 124 Å². The number of anilines is 1. The number of aromatic nitrogens is 2. The van der Waals surface area contributed by atoms with Gasteiger partial charge in [0, 0.05) is 31.4 Å². The van der Waals surface area contributed by atoms with Gasteiger partial charge in [0.2, 0.25) is 0 Å². The number of aryl methyl sites for hydroxylation is 2. The summed E-state index contributed by atoms with van der Waals surface area (Å²) in [6.45, 7) is 3.43. The predicted molar refractivity (Wildman–Crippen MR) is 82.4 cm³/mol. The molecule has 0 atom stereocenters. The molecule has 0 unspecified atom stereocenters. The van der Waals surface area contributed by atoms with Crippen molar-refractivity contribution >= 4 is 11.6 Å². The van der Waals surface area contributed by atoms with Gasteiger partial charge in [-0.1, -0.05) is 12.1 Å². The molecule has 1 aromatic carbocycles. The number of hydrogen-bond donors (Lipinski definition) is 2. The fourth-order valence-electron chi connectivity index (χ4n) is 2.69. The molecular weight excluding hydrogens is 264 g/mol. The quantitative estimate of drug-likeness (QED) is 0.906. The van der Waals surface area contributed by atoms with Crippen LogP contribution in [-0.2, 0) is 20.0 Å². The highest BCUT2D eigenvalue weighted by atomic mass is 16.1. The Morgan fingerprint density at radius 2 is 2.33 bits per heavy atom. The zero-order valence-electron chi connectivity index (χ0n) is 12.4. The van der Waals surface area contributed by atoms with Gasteiger partial charge in [-0.2, -0.15) is 5.10 Å². The van der Waals surface area contributed by atoms with Gasteiger partial charge in [-0.25, -0.2) is 0 Å². The number of fused-ring (bicyclic) bond motifs is 1. The Morgan fingerprint density at radius 1 is 1.48 bits per heavy atom. The van der Waals surface area contributed by atoms with E-state index in [1.165, 1.54) is 5.56 Å². The number of carbonyl (C=O) groups excluding carboxylic acids is 1. The molecular formula is C16H20N4O. The van der Waals surface area contributed by atoms with E-state index < -0.39 is 0 Å². The lowest BCUT2D eigenvalue weighted by molar-refractivity contribution is 0.0951. The van der Waals surface area contributed by atoms with E-state index in [1.54, 1.807) is 6.20 Å². The second kappa shape index (κ2) is 5.60. The van der Waals surface area contributed by atoms with Crippen molar-refractivity contribution in [1.29, 1.82) is 0 Å². The molecule has 0 fully saturated rings. The molecule has 0 saturated carbocycles. The Morgan fingerprint density at radius 3 is 3.10 bits per heavy atom. The van der Waals surface area contributed by atoms with Gasteiger partial charge in [-0.05, 0) is 31.4 Å². The van der Waals surface area contributed by atoms with Crippen molar-refractivity contribution in [3.05, 3.63) is 46.8 Å². The molecule has 0 saturated heterocycles. The predicted octanol–water partition coefficient (Wildman–Crippen LogP) is 2.02. The smallest absolute Gasteiger partial charge is 0.253 e. The standard InChI is InChI=1S/C16H20N4O/c1-11-13(10-19-20(11)2)9-18-16(21)14-7-3-5-12-6-4-8-17-15(12)14/h3,5,7,10,17H,4,6,8-9H2,1-2H3,(H,18,21). The van der Waals surface area contributed by atoms with Gasteiger partial charge in [0.15, 0.2) is 0 Å². The van der Waals surface area contributed by atoms with E-state index in [9.17, 15) is 4.79 Å². The summed E-state index contributed by atoms with van der Waals surface area (Å²) >= 11 is 0. The average Bonchev–Trinajstić information content (AvgIpc) is 2.84. The maximum atomic E-state index is 12.4. The van der Waals surface area contributed by atoms with Crippen LogP contribution in [0.4, 0.5) is 5.69 Å². The maximum absolute atomic E-state index is 12.4. The largest absolute Gasteiger partial charge is 0.384 e. The zero-order valence-corrected chi connectivity index (χ0v) is 12.4. The highest BCUT2D eigenvalue weighted by molar-refractivity contribution is 6.00. The molecule has 0 spiro atoms. The maximum Gasteiger partial charge on any atom is 0.253 e. The lowest BCUT2D eigenvalue weighted by Crippen LogP contribution is -2.25. The average molecular weight is 284 g/mol. The number of amides is 1. The number of hydrogen-bond acceptors (Lipinski definition) is 3. The molecule has 1 aromatic heterocycles. The third-order valence-corrected chi connectivity index (χ3v) is 4.10. The molecule has 1 amide bonds. The van der Waals surface area contributed by atoms with Crippen molar-refractivity contribution in [1.82, 2.24) is 15.1 Å². The van der Waals surface area contributed by atoms with Crippen molar-refractivity contribution in [3.8, 4) is 0 Å². The molecule has 5 nitrogen and oxygen atoms in total. The summed E-state index contributed by atoms with van der Waals surface area (Å²) in [5.74, 6) is -0.0375. The molecule has 0 radical (unpaired) electrons. The van der Waals surface area contributed by atoms with Crippen LogP contribution >= 0.6 is 0 Å². The molecule has 3 rings (SSSR count). The number of para-hydroxylation sites is 1. The SMILES string of the molecule is Cc1c(CNC(=O)c2cccc3c2NCCC3)cnn1C. The lowest BCUT2D eigenvalue weighted by Gasteiger charge is -2.20. The third-order valence-electron chi connectivity index (χ3n) is 4.10. The van der Waals surface area contributed by atoms with Crippen molar-refractivity contribution < 1.29 is 4.79 Å². The summed E-state index contributed by atoms with van der Waals surface area (Å²) in [4.78, 5) is 12.4. The molecule has 21 heavy (non-hydrogen) atoms. The normalized spacial score (nSPS) is 13.4. The minimum atomic E-state index is -0.0375. The Bertz CT molecular complexity index is 675. The topological polar surface area (TPSA) is 59.0 Å². The van der Waals surface area contributed by atoms with Gasteiger partial charge >= 0.3 is 0 Å². The molecule has 0 bridgehead atoms.